The van der Waals surface area contributed by atoms with E-state index in [4.69, 9.17) is 0 Å². The molecule has 0 aromatic carbocycles. The van der Waals surface area contributed by atoms with Gasteiger partial charge >= 0.3 is 11.0 Å². The molecule has 1 aliphatic heterocycles. The fourth-order valence-corrected chi connectivity index (χ4v) is 3.12. The standard InChI is InChI=1S/C13H19N5O4S/c1-2-14-12(20)15-13-17(9-11(23-13)18(21)22)8-10(19)16-6-4-3-5-7-16/h9H,2-8H2,1H3,(H,14,20)/b15-13+. The number of aromatic nitrogens is 1. The van der Waals surface area contributed by atoms with Gasteiger partial charge in [0.25, 0.3) is 0 Å². The molecule has 9 nitrogen and oxygen atoms in total. The molecule has 1 aromatic heterocycles. The summed E-state index contributed by atoms with van der Waals surface area (Å²) in [5, 5.41) is 13.3. The Bertz CT molecular complexity index is 660. The number of thiazole rings is 1. The van der Waals surface area contributed by atoms with Gasteiger partial charge in [0.05, 0.1) is 11.1 Å². The number of hydrogen-bond acceptors (Lipinski definition) is 5. The van der Waals surface area contributed by atoms with Crippen LogP contribution in [0.15, 0.2) is 11.2 Å². The van der Waals surface area contributed by atoms with Crippen molar-refractivity contribution < 1.29 is 14.5 Å². The first kappa shape index (κ1) is 17.1. The van der Waals surface area contributed by atoms with E-state index in [1.165, 1.54) is 10.8 Å². The Labute approximate surface area is 136 Å². The van der Waals surface area contributed by atoms with E-state index >= 15 is 0 Å². The minimum atomic E-state index is -0.580. The number of carbonyl (C=O) groups excluding carboxylic acids is 2. The third kappa shape index (κ3) is 4.62. The molecule has 2 rings (SSSR count). The van der Waals surface area contributed by atoms with Crippen molar-refractivity contribution in [3.05, 3.63) is 21.1 Å². The average molecular weight is 341 g/mol. The van der Waals surface area contributed by atoms with Gasteiger partial charge in [-0.15, -0.1) is 0 Å². The Morgan fingerprint density at radius 2 is 2.09 bits per heavy atom. The van der Waals surface area contributed by atoms with E-state index in [2.05, 4.69) is 10.3 Å². The van der Waals surface area contributed by atoms with Crippen molar-refractivity contribution in [1.82, 2.24) is 14.8 Å². The maximum atomic E-state index is 12.3. The van der Waals surface area contributed by atoms with Crippen LogP contribution in [-0.4, -0.2) is 46.0 Å². The van der Waals surface area contributed by atoms with Crippen LogP contribution in [0.3, 0.4) is 0 Å². The lowest BCUT2D eigenvalue weighted by Crippen LogP contribution is -2.39. The second-order valence-corrected chi connectivity index (χ2v) is 6.11. The van der Waals surface area contributed by atoms with Gasteiger partial charge in [0, 0.05) is 19.6 Å². The molecule has 0 atom stereocenters. The number of carbonyl (C=O) groups is 2. The molecular formula is C13H19N5O4S. The highest BCUT2D eigenvalue weighted by atomic mass is 32.1. The van der Waals surface area contributed by atoms with E-state index in [1.54, 1.807) is 11.8 Å². The molecule has 10 heteroatoms. The van der Waals surface area contributed by atoms with Gasteiger partial charge in [-0.25, -0.2) is 4.79 Å². The molecule has 1 aliphatic rings. The summed E-state index contributed by atoms with van der Waals surface area (Å²) in [7, 11) is 0. The maximum Gasteiger partial charge on any atom is 0.343 e. The first-order valence-corrected chi connectivity index (χ1v) is 8.28. The van der Waals surface area contributed by atoms with Gasteiger partial charge in [-0.3, -0.25) is 14.9 Å². The second kappa shape index (κ2) is 7.86. The van der Waals surface area contributed by atoms with Crippen molar-refractivity contribution in [2.24, 2.45) is 4.99 Å². The van der Waals surface area contributed by atoms with Crippen LogP contribution < -0.4 is 10.1 Å². The molecular weight excluding hydrogens is 322 g/mol. The highest BCUT2D eigenvalue weighted by Gasteiger charge is 2.20. The molecule has 1 N–H and O–H groups in total. The van der Waals surface area contributed by atoms with Crippen LogP contribution in [0.4, 0.5) is 9.80 Å². The van der Waals surface area contributed by atoms with Crippen LogP contribution in [0.25, 0.3) is 0 Å². The highest BCUT2D eigenvalue weighted by molar-refractivity contribution is 7.12. The van der Waals surface area contributed by atoms with Crippen molar-refractivity contribution in [2.75, 3.05) is 19.6 Å². The summed E-state index contributed by atoms with van der Waals surface area (Å²) in [6.07, 6.45) is 4.30. The van der Waals surface area contributed by atoms with Crippen LogP contribution in [-0.2, 0) is 11.3 Å². The number of nitrogens with one attached hydrogen (secondary N) is 1. The fourth-order valence-electron chi connectivity index (χ4n) is 2.32. The number of hydrogen-bond donors (Lipinski definition) is 1. The smallest absolute Gasteiger partial charge is 0.341 e. The number of nitro groups is 1. The third-order valence-corrected chi connectivity index (χ3v) is 4.40. The van der Waals surface area contributed by atoms with Crippen LogP contribution in [0.2, 0.25) is 0 Å². The highest BCUT2D eigenvalue weighted by Crippen LogP contribution is 2.15. The van der Waals surface area contributed by atoms with Crippen LogP contribution >= 0.6 is 11.3 Å². The lowest BCUT2D eigenvalue weighted by Gasteiger charge is -2.26. The van der Waals surface area contributed by atoms with E-state index < -0.39 is 11.0 Å². The number of urea groups is 1. The largest absolute Gasteiger partial charge is 0.343 e. The predicted octanol–water partition coefficient (Wildman–Crippen LogP) is 1.10. The molecule has 23 heavy (non-hydrogen) atoms. The summed E-state index contributed by atoms with van der Waals surface area (Å²) < 4.78 is 1.37. The minimum Gasteiger partial charge on any atom is -0.341 e. The lowest BCUT2D eigenvalue weighted by molar-refractivity contribution is -0.380. The molecule has 0 bridgehead atoms. The molecule has 126 valence electrons. The topological polar surface area (TPSA) is 110 Å². The maximum absolute atomic E-state index is 12.3. The molecule has 0 aliphatic carbocycles. The van der Waals surface area contributed by atoms with E-state index in [9.17, 15) is 19.7 Å². The first-order chi connectivity index (χ1) is 11.0. The van der Waals surface area contributed by atoms with Crippen molar-refractivity contribution in [1.29, 1.82) is 0 Å². The number of nitrogens with zero attached hydrogens (tertiary/aromatic N) is 4. The summed E-state index contributed by atoms with van der Waals surface area (Å²) in [4.78, 5) is 40.0. The molecule has 0 spiro atoms. The van der Waals surface area contributed by atoms with Gasteiger partial charge in [0.2, 0.25) is 10.7 Å². The first-order valence-electron chi connectivity index (χ1n) is 7.46. The summed E-state index contributed by atoms with van der Waals surface area (Å²) in [5.74, 6) is -0.116. The van der Waals surface area contributed by atoms with Gasteiger partial charge in [-0.05, 0) is 37.5 Å². The molecule has 0 radical (unpaired) electrons. The average Bonchev–Trinajstić information content (AvgIpc) is 2.91. The van der Waals surface area contributed by atoms with Gasteiger partial charge in [-0.1, -0.05) is 0 Å². The Morgan fingerprint density at radius 3 is 2.70 bits per heavy atom. The quantitative estimate of drug-likeness (QED) is 0.653. The number of rotatable bonds is 4. The molecule has 1 aromatic rings. The molecule has 0 unspecified atom stereocenters. The summed E-state index contributed by atoms with van der Waals surface area (Å²) in [6.45, 7) is 3.51. The lowest BCUT2D eigenvalue weighted by atomic mass is 10.1. The van der Waals surface area contributed by atoms with Crippen molar-refractivity contribution in [3.63, 3.8) is 0 Å². The monoisotopic (exact) mass is 341 g/mol. The van der Waals surface area contributed by atoms with E-state index in [0.29, 0.717) is 19.6 Å². The SMILES string of the molecule is CCNC(=O)/N=c1/sc([N+](=O)[O-])cn1CC(=O)N1CCCCC1. The van der Waals surface area contributed by atoms with Gasteiger partial charge < -0.3 is 14.8 Å². The van der Waals surface area contributed by atoms with Gasteiger partial charge in [-0.2, -0.15) is 4.99 Å². The summed E-state index contributed by atoms with van der Waals surface area (Å²) >= 11 is 0.776. The Morgan fingerprint density at radius 1 is 1.39 bits per heavy atom. The summed E-state index contributed by atoms with van der Waals surface area (Å²) in [6, 6.07) is -0.580. The van der Waals surface area contributed by atoms with Crippen LogP contribution in [0, 0.1) is 10.1 Å². The third-order valence-electron chi connectivity index (χ3n) is 3.43. The van der Waals surface area contributed by atoms with Crippen molar-refractivity contribution in [2.45, 2.75) is 32.7 Å². The summed E-state index contributed by atoms with van der Waals surface area (Å²) in [5.41, 5.74) is 0. The number of piperidine rings is 1. The fraction of sp³-hybridized carbons (Fsp3) is 0.615. The van der Waals surface area contributed by atoms with Crippen molar-refractivity contribution in [3.8, 4) is 0 Å². The predicted molar refractivity (Wildman–Crippen MR) is 84.0 cm³/mol. The second-order valence-electron chi connectivity index (χ2n) is 5.13. The number of amides is 3. The Kier molecular flexibility index (Phi) is 5.85. The molecule has 0 saturated carbocycles. The molecule has 3 amide bonds. The van der Waals surface area contributed by atoms with Crippen LogP contribution in [0.5, 0.6) is 0 Å². The minimum absolute atomic E-state index is 0.0530. The van der Waals surface area contributed by atoms with E-state index in [1.807, 2.05) is 0 Å². The molecule has 1 fully saturated rings. The normalized spacial score (nSPS) is 15.5. The van der Waals surface area contributed by atoms with Crippen molar-refractivity contribution >= 4 is 28.3 Å². The zero-order valence-electron chi connectivity index (χ0n) is 12.9. The van der Waals surface area contributed by atoms with E-state index in [-0.39, 0.29) is 22.3 Å². The van der Waals surface area contributed by atoms with Gasteiger partial charge in [0.15, 0.2) is 0 Å². The van der Waals surface area contributed by atoms with Gasteiger partial charge in [0.1, 0.15) is 6.54 Å². The Hall–Kier alpha value is -2.23. The number of likely N-dealkylation sites (tertiary alicyclic amines) is 1. The van der Waals surface area contributed by atoms with Crippen LogP contribution in [0.1, 0.15) is 26.2 Å². The zero-order valence-corrected chi connectivity index (χ0v) is 13.7. The zero-order chi connectivity index (χ0) is 16.8. The molecule has 2 heterocycles. The Balaban J connectivity index is 2.23. The molecule has 1 saturated heterocycles. The van der Waals surface area contributed by atoms with E-state index in [0.717, 1.165) is 30.6 Å².